The first-order chi connectivity index (χ1) is 10.5. The lowest BCUT2D eigenvalue weighted by molar-refractivity contribution is 0.0513. The first kappa shape index (κ1) is 19.4. The van der Waals surface area contributed by atoms with Crippen LogP contribution in [-0.4, -0.2) is 23.8 Å². The first-order valence-electron chi connectivity index (χ1n) is 7.57. The molecular formula is C17H26F2N2O2. The molecule has 0 saturated heterocycles. The molecule has 0 bridgehead atoms. The van der Waals surface area contributed by atoms with Gasteiger partial charge in [-0.05, 0) is 46.2 Å². The molecule has 23 heavy (non-hydrogen) atoms. The number of carbonyl (C=O) groups excluding carboxylic acids is 1. The number of rotatable bonds is 6. The Bertz CT molecular complexity index is 526. The van der Waals surface area contributed by atoms with Crippen LogP contribution in [0.25, 0.3) is 0 Å². The standard InChI is InChI=1S/C17H26F2N2O2/c1-16(2,3)23-15(22)20-11-17(4,5)21-10-12-7-6-8-13(9-12)14(18)19/h6-9,14,21H,10-11H2,1-5H3,(H,20,22). The summed E-state index contributed by atoms with van der Waals surface area (Å²) in [4.78, 5) is 11.7. The Morgan fingerprint density at radius 2 is 1.87 bits per heavy atom. The predicted molar refractivity (Wildman–Crippen MR) is 86.6 cm³/mol. The lowest BCUT2D eigenvalue weighted by Crippen LogP contribution is -2.49. The summed E-state index contributed by atoms with van der Waals surface area (Å²) in [5.41, 5.74) is -0.170. The molecule has 0 aromatic heterocycles. The molecule has 0 unspecified atom stereocenters. The zero-order valence-corrected chi connectivity index (χ0v) is 14.4. The molecule has 1 aromatic carbocycles. The van der Waals surface area contributed by atoms with E-state index >= 15 is 0 Å². The quantitative estimate of drug-likeness (QED) is 0.829. The maximum Gasteiger partial charge on any atom is 0.407 e. The van der Waals surface area contributed by atoms with E-state index in [9.17, 15) is 13.6 Å². The van der Waals surface area contributed by atoms with E-state index in [1.807, 2.05) is 13.8 Å². The second-order valence-electron chi connectivity index (χ2n) is 7.14. The Balaban J connectivity index is 2.49. The Labute approximate surface area is 136 Å². The summed E-state index contributed by atoms with van der Waals surface area (Å²) in [7, 11) is 0. The van der Waals surface area contributed by atoms with Crippen molar-refractivity contribution in [2.75, 3.05) is 6.54 Å². The van der Waals surface area contributed by atoms with E-state index in [1.165, 1.54) is 12.1 Å². The van der Waals surface area contributed by atoms with Crippen LogP contribution in [0.3, 0.4) is 0 Å². The van der Waals surface area contributed by atoms with Gasteiger partial charge in [0.1, 0.15) is 5.60 Å². The van der Waals surface area contributed by atoms with E-state index in [0.717, 1.165) is 5.56 Å². The molecule has 6 heteroatoms. The number of halogens is 2. The zero-order chi connectivity index (χ0) is 17.7. The normalized spacial score (nSPS) is 12.3. The highest BCUT2D eigenvalue weighted by atomic mass is 19.3. The van der Waals surface area contributed by atoms with Gasteiger partial charge < -0.3 is 15.4 Å². The monoisotopic (exact) mass is 328 g/mol. The second-order valence-corrected chi connectivity index (χ2v) is 7.14. The van der Waals surface area contributed by atoms with Gasteiger partial charge in [0.25, 0.3) is 6.43 Å². The van der Waals surface area contributed by atoms with Crippen molar-refractivity contribution in [3.8, 4) is 0 Å². The summed E-state index contributed by atoms with van der Waals surface area (Å²) in [6.45, 7) is 10.0. The maximum absolute atomic E-state index is 12.7. The molecule has 0 aliphatic rings. The molecule has 1 aromatic rings. The summed E-state index contributed by atoms with van der Waals surface area (Å²) < 4.78 is 30.5. The number of alkyl carbamates (subject to hydrolysis) is 1. The van der Waals surface area contributed by atoms with Crippen molar-refractivity contribution in [2.24, 2.45) is 0 Å². The predicted octanol–water partition coefficient (Wildman–Crippen LogP) is 4.02. The molecule has 0 atom stereocenters. The van der Waals surface area contributed by atoms with Crippen molar-refractivity contribution in [3.63, 3.8) is 0 Å². The van der Waals surface area contributed by atoms with Crippen LogP contribution in [-0.2, 0) is 11.3 Å². The van der Waals surface area contributed by atoms with Crippen molar-refractivity contribution in [1.29, 1.82) is 0 Å². The number of benzene rings is 1. The van der Waals surface area contributed by atoms with Gasteiger partial charge in [0.15, 0.2) is 0 Å². The van der Waals surface area contributed by atoms with Gasteiger partial charge in [-0.1, -0.05) is 18.2 Å². The molecule has 2 N–H and O–H groups in total. The number of nitrogens with one attached hydrogen (secondary N) is 2. The SMILES string of the molecule is CC(C)(CNC(=O)OC(C)(C)C)NCc1cccc(C(F)F)c1. The topological polar surface area (TPSA) is 50.4 Å². The molecule has 130 valence electrons. The lowest BCUT2D eigenvalue weighted by atomic mass is 10.0. The fourth-order valence-corrected chi connectivity index (χ4v) is 1.85. The molecule has 0 aliphatic carbocycles. The van der Waals surface area contributed by atoms with E-state index in [1.54, 1.807) is 32.9 Å². The molecule has 1 rings (SSSR count). The van der Waals surface area contributed by atoms with E-state index < -0.39 is 23.7 Å². The van der Waals surface area contributed by atoms with Crippen LogP contribution in [0.15, 0.2) is 24.3 Å². The van der Waals surface area contributed by atoms with E-state index in [2.05, 4.69) is 10.6 Å². The summed E-state index contributed by atoms with van der Waals surface area (Å²) >= 11 is 0. The fourth-order valence-electron chi connectivity index (χ4n) is 1.85. The minimum atomic E-state index is -2.48. The van der Waals surface area contributed by atoms with Crippen LogP contribution in [0.1, 0.15) is 52.2 Å². The van der Waals surface area contributed by atoms with Crippen molar-refractivity contribution >= 4 is 6.09 Å². The van der Waals surface area contributed by atoms with Gasteiger partial charge >= 0.3 is 6.09 Å². The Morgan fingerprint density at radius 1 is 1.22 bits per heavy atom. The molecule has 0 spiro atoms. The van der Waals surface area contributed by atoms with Gasteiger partial charge in [0.05, 0.1) is 0 Å². The third kappa shape index (κ3) is 7.93. The minimum absolute atomic E-state index is 0.00832. The number of hydrogen-bond donors (Lipinski definition) is 2. The summed E-state index contributed by atoms with van der Waals surface area (Å²) in [6.07, 6.45) is -2.95. The zero-order valence-electron chi connectivity index (χ0n) is 14.4. The van der Waals surface area contributed by atoms with E-state index in [-0.39, 0.29) is 5.56 Å². The Kier molecular flexibility index (Phi) is 6.50. The van der Waals surface area contributed by atoms with Crippen LogP contribution in [0.5, 0.6) is 0 Å². The Morgan fingerprint density at radius 3 is 2.43 bits per heavy atom. The van der Waals surface area contributed by atoms with Crippen molar-refractivity contribution in [3.05, 3.63) is 35.4 Å². The van der Waals surface area contributed by atoms with Gasteiger partial charge in [0, 0.05) is 24.2 Å². The highest BCUT2D eigenvalue weighted by Gasteiger charge is 2.21. The number of amides is 1. The Hall–Kier alpha value is -1.69. The molecule has 0 heterocycles. The van der Waals surface area contributed by atoms with Gasteiger partial charge in [0.2, 0.25) is 0 Å². The van der Waals surface area contributed by atoms with Crippen LogP contribution in [0.4, 0.5) is 13.6 Å². The highest BCUT2D eigenvalue weighted by molar-refractivity contribution is 5.67. The molecule has 0 aliphatic heterocycles. The molecule has 0 fully saturated rings. The lowest BCUT2D eigenvalue weighted by Gasteiger charge is -2.28. The number of ether oxygens (including phenoxy) is 1. The maximum atomic E-state index is 12.7. The highest BCUT2D eigenvalue weighted by Crippen LogP contribution is 2.19. The minimum Gasteiger partial charge on any atom is -0.444 e. The average molecular weight is 328 g/mol. The number of alkyl halides is 2. The summed E-state index contributed by atoms with van der Waals surface area (Å²) in [6, 6.07) is 6.29. The first-order valence-corrected chi connectivity index (χ1v) is 7.57. The molecule has 1 amide bonds. The largest absolute Gasteiger partial charge is 0.444 e. The summed E-state index contributed by atoms with van der Waals surface area (Å²) in [5.74, 6) is 0. The van der Waals surface area contributed by atoms with Gasteiger partial charge in [-0.25, -0.2) is 13.6 Å². The third-order valence-corrected chi connectivity index (χ3v) is 3.05. The van der Waals surface area contributed by atoms with Gasteiger partial charge in [-0.3, -0.25) is 0 Å². The van der Waals surface area contributed by atoms with Crippen LogP contribution < -0.4 is 10.6 Å². The second kappa shape index (κ2) is 7.73. The van der Waals surface area contributed by atoms with Crippen LogP contribution in [0, 0.1) is 0 Å². The van der Waals surface area contributed by atoms with E-state index in [0.29, 0.717) is 13.1 Å². The van der Waals surface area contributed by atoms with Crippen molar-refractivity contribution in [1.82, 2.24) is 10.6 Å². The molecule has 0 saturated carbocycles. The third-order valence-electron chi connectivity index (χ3n) is 3.05. The smallest absolute Gasteiger partial charge is 0.407 e. The number of hydrogen-bond acceptors (Lipinski definition) is 3. The molecular weight excluding hydrogens is 302 g/mol. The summed E-state index contributed by atoms with van der Waals surface area (Å²) in [5, 5.41) is 5.95. The molecule has 4 nitrogen and oxygen atoms in total. The van der Waals surface area contributed by atoms with Gasteiger partial charge in [-0.2, -0.15) is 0 Å². The average Bonchev–Trinajstić information content (AvgIpc) is 2.42. The van der Waals surface area contributed by atoms with E-state index in [4.69, 9.17) is 4.74 Å². The van der Waals surface area contributed by atoms with Crippen LogP contribution in [0.2, 0.25) is 0 Å². The van der Waals surface area contributed by atoms with Crippen molar-refractivity contribution in [2.45, 2.75) is 58.7 Å². The fraction of sp³-hybridized carbons (Fsp3) is 0.588. The van der Waals surface area contributed by atoms with Crippen LogP contribution >= 0.6 is 0 Å². The molecule has 0 radical (unpaired) electrons. The van der Waals surface area contributed by atoms with Gasteiger partial charge in [-0.15, -0.1) is 0 Å². The number of carbonyl (C=O) groups is 1. The van der Waals surface area contributed by atoms with Crippen molar-refractivity contribution < 1.29 is 18.3 Å².